The number of nitrogens with one attached hydrogen (secondary N) is 2. The number of carbonyl (C=O) groups is 1. The minimum absolute atomic E-state index is 0.0629. The largest absolute Gasteiger partial charge is 0.457 e. The number of ether oxygens (including phenoxy) is 1. The second-order valence-corrected chi connectivity index (χ2v) is 6.71. The number of benzene rings is 3. The van der Waals surface area contributed by atoms with Crippen molar-refractivity contribution in [1.82, 2.24) is 5.32 Å². The first kappa shape index (κ1) is 17.2. The van der Waals surface area contributed by atoms with Crippen LogP contribution in [0.5, 0.6) is 11.5 Å². The molecule has 4 rings (SSSR count). The number of amides is 1. The molecule has 1 aliphatic heterocycles. The van der Waals surface area contributed by atoms with E-state index >= 15 is 0 Å². The van der Waals surface area contributed by atoms with Crippen LogP contribution in [-0.2, 0) is 11.3 Å². The number of hydrogen-bond donors (Lipinski definition) is 2. The Morgan fingerprint density at radius 1 is 0.963 bits per heavy atom. The molecule has 0 bridgehead atoms. The zero-order chi connectivity index (χ0) is 18.5. The summed E-state index contributed by atoms with van der Waals surface area (Å²) in [6.45, 7) is 1.31. The average Bonchev–Trinajstić information content (AvgIpc) is 3.10. The number of fused-ring (bicyclic) bond motifs is 1. The molecule has 0 aliphatic carbocycles. The summed E-state index contributed by atoms with van der Waals surface area (Å²) in [6.07, 6.45) is 0.490. The van der Waals surface area contributed by atoms with Gasteiger partial charge < -0.3 is 15.4 Å². The summed E-state index contributed by atoms with van der Waals surface area (Å²) in [6, 6.07) is 25.7. The molecule has 1 heterocycles. The topological polar surface area (TPSA) is 50.4 Å². The van der Waals surface area contributed by atoms with Crippen LogP contribution in [0.15, 0.2) is 78.9 Å². The van der Waals surface area contributed by atoms with E-state index in [0.717, 1.165) is 29.3 Å². The van der Waals surface area contributed by atoms with Crippen LogP contribution in [0.3, 0.4) is 0 Å². The Kier molecular flexibility index (Phi) is 5.06. The first-order chi connectivity index (χ1) is 13.3. The molecule has 0 saturated carbocycles. The highest BCUT2D eigenvalue weighted by atomic mass is 16.5. The van der Waals surface area contributed by atoms with Gasteiger partial charge in [0.2, 0.25) is 5.91 Å². The molecular formula is C23H22N2O2. The van der Waals surface area contributed by atoms with Crippen LogP contribution in [0.4, 0.5) is 5.69 Å². The Balaban J connectivity index is 1.32. The molecule has 2 N–H and O–H groups in total. The zero-order valence-corrected chi connectivity index (χ0v) is 15.0. The highest BCUT2D eigenvalue weighted by molar-refractivity contribution is 5.78. The standard InChI is InChI=1S/C23H22N2O2/c26-23(14-18-16-24-22-12-5-4-11-21(18)22)25-15-17-7-6-10-20(13-17)27-19-8-2-1-3-9-19/h1-13,18,24H,14-16H2,(H,25,26). The summed E-state index contributed by atoms with van der Waals surface area (Å²) in [5.41, 5.74) is 3.38. The molecule has 1 atom stereocenters. The van der Waals surface area contributed by atoms with Gasteiger partial charge >= 0.3 is 0 Å². The maximum absolute atomic E-state index is 12.4. The van der Waals surface area contributed by atoms with Gasteiger partial charge in [-0.25, -0.2) is 0 Å². The summed E-state index contributed by atoms with van der Waals surface area (Å²) < 4.78 is 5.85. The summed E-state index contributed by atoms with van der Waals surface area (Å²) in [5, 5.41) is 6.39. The smallest absolute Gasteiger partial charge is 0.220 e. The molecule has 27 heavy (non-hydrogen) atoms. The lowest BCUT2D eigenvalue weighted by atomic mass is 9.97. The number of rotatable bonds is 6. The molecule has 3 aromatic rings. The van der Waals surface area contributed by atoms with Crippen molar-refractivity contribution < 1.29 is 9.53 Å². The van der Waals surface area contributed by atoms with Crippen LogP contribution < -0.4 is 15.4 Å². The fourth-order valence-electron chi connectivity index (χ4n) is 3.38. The minimum Gasteiger partial charge on any atom is -0.457 e. The maximum atomic E-state index is 12.4. The third kappa shape index (κ3) is 4.29. The van der Waals surface area contributed by atoms with E-state index in [9.17, 15) is 4.79 Å². The molecule has 0 radical (unpaired) electrons. The summed E-state index contributed by atoms with van der Waals surface area (Å²) >= 11 is 0. The molecule has 1 amide bonds. The number of hydrogen-bond acceptors (Lipinski definition) is 3. The Morgan fingerprint density at radius 3 is 2.63 bits per heavy atom. The molecule has 3 aromatic carbocycles. The van der Waals surface area contributed by atoms with Gasteiger partial charge in [-0.15, -0.1) is 0 Å². The number of carbonyl (C=O) groups excluding carboxylic acids is 1. The molecule has 4 heteroatoms. The van der Waals surface area contributed by atoms with Crippen molar-refractivity contribution in [2.75, 3.05) is 11.9 Å². The van der Waals surface area contributed by atoms with Crippen LogP contribution >= 0.6 is 0 Å². The lowest BCUT2D eigenvalue weighted by Gasteiger charge is -2.11. The average molecular weight is 358 g/mol. The van der Waals surface area contributed by atoms with Crippen LogP contribution in [0.25, 0.3) is 0 Å². The van der Waals surface area contributed by atoms with Crippen molar-refractivity contribution in [3.8, 4) is 11.5 Å². The van der Waals surface area contributed by atoms with Gasteiger partial charge in [-0.3, -0.25) is 4.79 Å². The lowest BCUT2D eigenvalue weighted by molar-refractivity contribution is -0.121. The Labute approximate surface area is 159 Å². The fraction of sp³-hybridized carbons (Fsp3) is 0.174. The molecule has 0 spiro atoms. The van der Waals surface area contributed by atoms with Crippen LogP contribution in [0, 0.1) is 0 Å². The van der Waals surface area contributed by atoms with Crippen molar-refractivity contribution in [1.29, 1.82) is 0 Å². The van der Waals surface area contributed by atoms with Gasteiger partial charge in [0.05, 0.1) is 0 Å². The molecule has 0 fully saturated rings. The first-order valence-corrected chi connectivity index (χ1v) is 9.19. The van der Waals surface area contributed by atoms with Gasteiger partial charge in [-0.2, -0.15) is 0 Å². The first-order valence-electron chi connectivity index (χ1n) is 9.19. The van der Waals surface area contributed by atoms with E-state index < -0.39 is 0 Å². The molecule has 1 unspecified atom stereocenters. The predicted octanol–water partition coefficient (Wildman–Crippen LogP) is 4.69. The summed E-state index contributed by atoms with van der Waals surface area (Å²) in [4.78, 5) is 12.4. The van der Waals surface area contributed by atoms with Crippen molar-refractivity contribution in [3.63, 3.8) is 0 Å². The molecule has 0 aromatic heterocycles. The molecule has 1 aliphatic rings. The maximum Gasteiger partial charge on any atom is 0.220 e. The Morgan fingerprint density at radius 2 is 1.74 bits per heavy atom. The molecule has 4 nitrogen and oxygen atoms in total. The van der Waals surface area contributed by atoms with Crippen molar-refractivity contribution in [2.24, 2.45) is 0 Å². The third-order valence-corrected chi connectivity index (χ3v) is 4.74. The summed E-state index contributed by atoms with van der Waals surface area (Å²) in [5.74, 6) is 1.86. The number of para-hydroxylation sites is 2. The highest BCUT2D eigenvalue weighted by Crippen LogP contribution is 2.33. The van der Waals surface area contributed by atoms with Crippen molar-refractivity contribution in [2.45, 2.75) is 18.9 Å². The Bertz CT molecular complexity index is 924. The number of anilines is 1. The lowest BCUT2D eigenvalue weighted by Crippen LogP contribution is -2.25. The second kappa shape index (κ2) is 7.96. The SMILES string of the molecule is O=C(CC1CNc2ccccc21)NCc1cccc(Oc2ccccc2)c1. The van der Waals surface area contributed by atoms with E-state index in [4.69, 9.17) is 4.74 Å². The highest BCUT2D eigenvalue weighted by Gasteiger charge is 2.23. The van der Waals surface area contributed by atoms with Crippen molar-refractivity contribution >= 4 is 11.6 Å². The van der Waals surface area contributed by atoms with E-state index in [-0.39, 0.29) is 11.8 Å². The molecular weight excluding hydrogens is 336 g/mol. The zero-order valence-electron chi connectivity index (χ0n) is 15.0. The van der Waals surface area contributed by atoms with Gasteiger partial charge in [0.1, 0.15) is 11.5 Å². The van der Waals surface area contributed by atoms with E-state index in [1.54, 1.807) is 0 Å². The third-order valence-electron chi connectivity index (χ3n) is 4.74. The predicted molar refractivity (Wildman–Crippen MR) is 107 cm³/mol. The molecule has 136 valence electrons. The Hall–Kier alpha value is -3.27. The van der Waals surface area contributed by atoms with Crippen LogP contribution in [-0.4, -0.2) is 12.5 Å². The normalized spacial score (nSPS) is 14.9. The van der Waals surface area contributed by atoms with Crippen molar-refractivity contribution in [3.05, 3.63) is 90.0 Å². The van der Waals surface area contributed by atoms with E-state index in [1.807, 2.05) is 66.7 Å². The van der Waals surface area contributed by atoms with Gasteiger partial charge in [-0.05, 0) is 41.5 Å². The molecule has 0 saturated heterocycles. The van der Waals surface area contributed by atoms with E-state index in [1.165, 1.54) is 5.56 Å². The van der Waals surface area contributed by atoms with Crippen LogP contribution in [0.1, 0.15) is 23.5 Å². The second-order valence-electron chi connectivity index (χ2n) is 6.71. The monoisotopic (exact) mass is 358 g/mol. The van der Waals surface area contributed by atoms with E-state index in [2.05, 4.69) is 22.8 Å². The fourth-order valence-corrected chi connectivity index (χ4v) is 3.38. The van der Waals surface area contributed by atoms with E-state index in [0.29, 0.717) is 13.0 Å². The van der Waals surface area contributed by atoms with Gasteiger partial charge in [-0.1, -0.05) is 48.5 Å². The van der Waals surface area contributed by atoms with Gasteiger partial charge in [0.15, 0.2) is 0 Å². The van der Waals surface area contributed by atoms with Crippen LogP contribution in [0.2, 0.25) is 0 Å². The minimum atomic E-state index is 0.0629. The van der Waals surface area contributed by atoms with Gasteiger partial charge in [0.25, 0.3) is 0 Å². The van der Waals surface area contributed by atoms with Gasteiger partial charge in [0, 0.05) is 31.1 Å². The summed E-state index contributed by atoms with van der Waals surface area (Å²) in [7, 11) is 0. The quantitative estimate of drug-likeness (QED) is 0.672.